The van der Waals surface area contributed by atoms with Gasteiger partial charge in [0.2, 0.25) is 0 Å². The standard InChI is InChI=1S/C8H16N2O3/c9-6-5(12)3-10-2-1-4(11)7(10)8(6)13/h4-8,11-13H,1-3,9H2/t4-,5-,6+,7+,8-/m0/s1. The Balaban J connectivity index is 2.15. The summed E-state index contributed by atoms with van der Waals surface area (Å²) >= 11 is 0. The van der Waals surface area contributed by atoms with Crippen molar-refractivity contribution in [1.82, 2.24) is 4.90 Å². The molecule has 0 saturated carbocycles. The second-order valence-corrected chi connectivity index (χ2v) is 3.98. The fraction of sp³-hybridized carbons (Fsp3) is 1.00. The van der Waals surface area contributed by atoms with E-state index >= 15 is 0 Å². The van der Waals surface area contributed by atoms with Gasteiger partial charge in [0.05, 0.1) is 30.4 Å². The average molecular weight is 188 g/mol. The van der Waals surface area contributed by atoms with Gasteiger partial charge in [-0.1, -0.05) is 0 Å². The van der Waals surface area contributed by atoms with Gasteiger partial charge in [-0.15, -0.1) is 0 Å². The van der Waals surface area contributed by atoms with E-state index in [4.69, 9.17) is 5.73 Å². The van der Waals surface area contributed by atoms with Crippen LogP contribution in [0.2, 0.25) is 0 Å². The van der Waals surface area contributed by atoms with Crippen LogP contribution in [0.5, 0.6) is 0 Å². The minimum Gasteiger partial charge on any atom is -0.391 e. The third kappa shape index (κ3) is 1.37. The Morgan fingerprint density at radius 1 is 1.15 bits per heavy atom. The van der Waals surface area contributed by atoms with Gasteiger partial charge in [0.25, 0.3) is 0 Å². The van der Waals surface area contributed by atoms with Gasteiger partial charge in [0.15, 0.2) is 0 Å². The van der Waals surface area contributed by atoms with E-state index in [9.17, 15) is 15.3 Å². The number of aliphatic hydroxyl groups excluding tert-OH is 3. The zero-order chi connectivity index (χ0) is 9.59. The Morgan fingerprint density at radius 2 is 1.85 bits per heavy atom. The lowest BCUT2D eigenvalue weighted by molar-refractivity contribution is -0.0736. The normalized spacial score (nSPS) is 52.2. The lowest BCUT2D eigenvalue weighted by Gasteiger charge is -2.41. The van der Waals surface area contributed by atoms with E-state index in [-0.39, 0.29) is 6.04 Å². The molecule has 13 heavy (non-hydrogen) atoms. The van der Waals surface area contributed by atoms with Crippen molar-refractivity contribution in [2.75, 3.05) is 13.1 Å². The van der Waals surface area contributed by atoms with Crippen LogP contribution in [0, 0.1) is 0 Å². The molecule has 2 saturated heterocycles. The molecular formula is C8H16N2O3. The number of piperidine rings is 1. The van der Waals surface area contributed by atoms with E-state index < -0.39 is 24.4 Å². The summed E-state index contributed by atoms with van der Waals surface area (Å²) in [6.45, 7) is 1.19. The molecule has 0 amide bonds. The number of nitrogens with zero attached hydrogens (tertiary/aromatic N) is 1. The SMILES string of the molecule is N[C@H]1[C@H](O)[C@H]2[C@@H](O)CCN2C[C@@H]1O. The number of nitrogens with two attached hydrogens (primary N) is 1. The lowest BCUT2D eigenvalue weighted by Crippen LogP contribution is -2.64. The summed E-state index contributed by atoms with van der Waals surface area (Å²) < 4.78 is 0. The van der Waals surface area contributed by atoms with Crippen LogP contribution >= 0.6 is 0 Å². The highest BCUT2D eigenvalue weighted by Crippen LogP contribution is 2.27. The van der Waals surface area contributed by atoms with Gasteiger partial charge in [-0.2, -0.15) is 0 Å². The average Bonchev–Trinajstić information content (AvgIpc) is 2.43. The molecule has 0 aromatic carbocycles. The number of fused-ring (bicyclic) bond motifs is 1. The molecule has 5 N–H and O–H groups in total. The molecule has 2 aliphatic rings. The first-order chi connectivity index (χ1) is 6.11. The molecule has 0 spiro atoms. The summed E-state index contributed by atoms with van der Waals surface area (Å²) in [5.74, 6) is 0. The number of hydrogen-bond donors (Lipinski definition) is 4. The van der Waals surface area contributed by atoms with Crippen molar-refractivity contribution >= 4 is 0 Å². The molecule has 0 aromatic heterocycles. The summed E-state index contributed by atoms with van der Waals surface area (Å²) in [5, 5.41) is 28.7. The Kier molecular flexibility index (Phi) is 2.29. The van der Waals surface area contributed by atoms with Crippen molar-refractivity contribution in [3.05, 3.63) is 0 Å². The van der Waals surface area contributed by atoms with Crippen LogP contribution in [0.3, 0.4) is 0 Å². The Labute approximate surface area is 76.8 Å². The molecule has 2 rings (SSSR count). The fourth-order valence-electron chi connectivity index (χ4n) is 2.34. The molecule has 2 fully saturated rings. The van der Waals surface area contributed by atoms with E-state index in [1.165, 1.54) is 0 Å². The van der Waals surface area contributed by atoms with Gasteiger partial charge in [0.1, 0.15) is 0 Å². The first-order valence-electron chi connectivity index (χ1n) is 4.65. The van der Waals surface area contributed by atoms with Crippen LogP contribution in [-0.2, 0) is 0 Å². The van der Waals surface area contributed by atoms with Crippen molar-refractivity contribution in [3.63, 3.8) is 0 Å². The molecule has 0 aliphatic carbocycles. The highest BCUT2D eigenvalue weighted by molar-refractivity contribution is 5.02. The Morgan fingerprint density at radius 3 is 2.54 bits per heavy atom. The summed E-state index contributed by atoms with van der Waals surface area (Å²) in [6, 6.07) is -0.910. The summed E-state index contributed by atoms with van der Waals surface area (Å²) in [7, 11) is 0. The van der Waals surface area contributed by atoms with E-state index in [2.05, 4.69) is 0 Å². The Bertz CT molecular complexity index is 202. The van der Waals surface area contributed by atoms with Crippen molar-refractivity contribution in [2.24, 2.45) is 5.73 Å². The fourth-order valence-corrected chi connectivity index (χ4v) is 2.34. The van der Waals surface area contributed by atoms with Crippen LogP contribution < -0.4 is 5.73 Å². The third-order valence-corrected chi connectivity index (χ3v) is 3.14. The molecule has 76 valence electrons. The summed E-state index contributed by atoms with van der Waals surface area (Å²) in [4.78, 5) is 1.91. The maximum atomic E-state index is 9.70. The molecule has 0 unspecified atom stereocenters. The zero-order valence-electron chi connectivity index (χ0n) is 7.37. The van der Waals surface area contributed by atoms with Crippen LogP contribution in [0.15, 0.2) is 0 Å². The molecule has 2 aliphatic heterocycles. The smallest absolute Gasteiger partial charge is 0.0896 e. The van der Waals surface area contributed by atoms with Crippen LogP contribution in [-0.4, -0.2) is 63.7 Å². The quantitative estimate of drug-likeness (QED) is 0.337. The molecule has 5 atom stereocenters. The molecule has 0 bridgehead atoms. The lowest BCUT2D eigenvalue weighted by atomic mass is 9.91. The van der Waals surface area contributed by atoms with Gasteiger partial charge in [0, 0.05) is 13.1 Å². The van der Waals surface area contributed by atoms with Crippen molar-refractivity contribution in [3.8, 4) is 0 Å². The van der Waals surface area contributed by atoms with E-state index in [1.54, 1.807) is 0 Å². The molecule has 0 aromatic rings. The molecule has 0 radical (unpaired) electrons. The summed E-state index contributed by atoms with van der Waals surface area (Å²) in [5.41, 5.74) is 5.60. The molecular weight excluding hydrogens is 172 g/mol. The van der Waals surface area contributed by atoms with Crippen molar-refractivity contribution in [2.45, 2.75) is 36.8 Å². The predicted molar refractivity (Wildman–Crippen MR) is 46.0 cm³/mol. The van der Waals surface area contributed by atoms with Gasteiger partial charge in [-0.25, -0.2) is 0 Å². The highest BCUT2D eigenvalue weighted by Gasteiger charge is 2.46. The van der Waals surface area contributed by atoms with Crippen LogP contribution in [0.4, 0.5) is 0 Å². The first kappa shape index (κ1) is 9.36. The van der Waals surface area contributed by atoms with Gasteiger partial charge in [-0.05, 0) is 6.42 Å². The van der Waals surface area contributed by atoms with E-state index in [1.807, 2.05) is 4.90 Å². The minimum atomic E-state index is -0.818. The zero-order valence-corrected chi connectivity index (χ0v) is 7.37. The predicted octanol–water partition coefficient (Wildman–Crippen LogP) is -2.52. The van der Waals surface area contributed by atoms with Crippen LogP contribution in [0.25, 0.3) is 0 Å². The van der Waals surface area contributed by atoms with Gasteiger partial charge in [-0.3, -0.25) is 4.90 Å². The maximum absolute atomic E-state index is 9.70. The number of hydrogen-bond acceptors (Lipinski definition) is 5. The van der Waals surface area contributed by atoms with Gasteiger partial charge >= 0.3 is 0 Å². The number of aliphatic hydroxyl groups is 3. The molecule has 5 nitrogen and oxygen atoms in total. The monoisotopic (exact) mass is 188 g/mol. The van der Waals surface area contributed by atoms with E-state index in [0.717, 1.165) is 6.54 Å². The van der Waals surface area contributed by atoms with Crippen molar-refractivity contribution in [1.29, 1.82) is 0 Å². The molecule has 5 heteroatoms. The highest BCUT2D eigenvalue weighted by atomic mass is 16.3. The van der Waals surface area contributed by atoms with Gasteiger partial charge < -0.3 is 21.1 Å². The van der Waals surface area contributed by atoms with Crippen LogP contribution in [0.1, 0.15) is 6.42 Å². The second-order valence-electron chi connectivity index (χ2n) is 3.98. The maximum Gasteiger partial charge on any atom is 0.0896 e. The van der Waals surface area contributed by atoms with E-state index in [0.29, 0.717) is 13.0 Å². The second kappa shape index (κ2) is 3.18. The first-order valence-corrected chi connectivity index (χ1v) is 4.65. The largest absolute Gasteiger partial charge is 0.391 e. The topological polar surface area (TPSA) is 90.0 Å². The third-order valence-electron chi connectivity index (χ3n) is 3.14. The molecule has 2 heterocycles. The summed E-state index contributed by atoms with van der Waals surface area (Å²) in [6.07, 6.45) is -1.35. The minimum absolute atomic E-state index is 0.279. The number of rotatable bonds is 0. The Hall–Kier alpha value is -0.200. The van der Waals surface area contributed by atoms with Crippen molar-refractivity contribution < 1.29 is 15.3 Å².